The van der Waals surface area contributed by atoms with Crippen LogP contribution in [0.25, 0.3) is 11.1 Å². The molecule has 1 aromatic heterocycles. The predicted octanol–water partition coefficient (Wildman–Crippen LogP) is 2.23. The molecule has 8 nitrogen and oxygen atoms in total. The first-order chi connectivity index (χ1) is 16.3. The van der Waals surface area contributed by atoms with Gasteiger partial charge in [0.25, 0.3) is 5.92 Å². The van der Waals surface area contributed by atoms with Crippen molar-refractivity contribution in [3.05, 3.63) is 42.0 Å². The van der Waals surface area contributed by atoms with E-state index in [9.17, 15) is 30.4 Å². The van der Waals surface area contributed by atoms with Crippen LogP contribution in [0.4, 0.5) is 39.5 Å². The molecule has 2 aromatic carbocycles. The number of sulfonamides is 1. The molecule has 0 bridgehead atoms. The van der Waals surface area contributed by atoms with E-state index in [1.54, 1.807) is 0 Å². The van der Waals surface area contributed by atoms with Crippen LogP contribution in [-0.2, 0) is 16.2 Å². The molecule has 0 aliphatic carbocycles. The maximum Gasteiger partial charge on any atom is 0.417 e. The monoisotopic (exact) mass is 532 g/mol. The van der Waals surface area contributed by atoms with Crippen LogP contribution in [-0.4, -0.2) is 57.2 Å². The van der Waals surface area contributed by atoms with Gasteiger partial charge in [0.15, 0.2) is 0 Å². The van der Waals surface area contributed by atoms with E-state index in [1.165, 1.54) is 30.3 Å². The summed E-state index contributed by atoms with van der Waals surface area (Å²) in [6.07, 6.45) is -5.86. The van der Waals surface area contributed by atoms with E-state index in [2.05, 4.69) is 20.5 Å². The van der Waals surface area contributed by atoms with Gasteiger partial charge in [0.1, 0.15) is 0 Å². The van der Waals surface area contributed by atoms with E-state index in [0.29, 0.717) is 5.19 Å². The zero-order valence-electron chi connectivity index (χ0n) is 18.3. The fraction of sp³-hybridized carbons (Fsp3) is 0.300. The molecular weight excluding hydrogens is 511 g/mol. The number of aromatic amines is 1. The van der Waals surface area contributed by atoms with Crippen LogP contribution in [0.2, 0.25) is 0 Å². The van der Waals surface area contributed by atoms with Gasteiger partial charge in [-0.25, -0.2) is 22.3 Å². The lowest BCUT2D eigenvalue weighted by Gasteiger charge is -2.30. The lowest BCUT2D eigenvalue weighted by Crippen LogP contribution is -2.42. The summed E-state index contributed by atoms with van der Waals surface area (Å²) in [4.78, 5) is 3.64. The van der Waals surface area contributed by atoms with Crippen molar-refractivity contribution in [2.45, 2.75) is 29.8 Å². The first kappa shape index (κ1) is 25.1. The van der Waals surface area contributed by atoms with Crippen molar-refractivity contribution in [1.29, 1.82) is 0 Å². The highest BCUT2D eigenvalue weighted by atomic mass is 32.2. The average Bonchev–Trinajstić information content (AvgIpc) is 3.17. The summed E-state index contributed by atoms with van der Waals surface area (Å²) >= 11 is 0. The average molecular weight is 533 g/mol. The van der Waals surface area contributed by atoms with Crippen LogP contribution in [0.15, 0.2) is 41.3 Å². The number of nitrogen functional groups attached to an aromatic ring is 1. The van der Waals surface area contributed by atoms with E-state index < -0.39 is 40.5 Å². The Labute approximate surface area is 200 Å². The number of halogens is 5. The number of benzene rings is 2. The maximum atomic E-state index is 14.0. The first-order valence-corrected chi connectivity index (χ1v) is 12.9. The molecule has 15 heteroatoms. The van der Waals surface area contributed by atoms with Crippen molar-refractivity contribution in [2.75, 3.05) is 24.1 Å². The molecular formula is C20H21F5N6O2SSi. The van der Waals surface area contributed by atoms with Crippen LogP contribution in [0.5, 0.6) is 0 Å². The van der Waals surface area contributed by atoms with Crippen LogP contribution in [0.1, 0.15) is 18.4 Å². The largest absolute Gasteiger partial charge is 0.417 e. The molecule has 1 aliphatic rings. The molecule has 0 unspecified atom stereocenters. The Morgan fingerprint density at radius 1 is 1.11 bits per heavy atom. The minimum absolute atomic E-state index is 0.000399. The Bertz CT molecular complexity index is 1340. The molecule has 0 spiro atoms. The summed E-state index contributed by atoms with van der Waals surface area (Å²) in [5, 5.41) is 9.21. The molecule has 0 saturated carbocycles. The van der Waals surface area contributed by atoms with Crippen LogP contribution < -0.4 is 16.2 Å². The molecule has 0 amide bonds. The molecule has 0 radical (unpaired) electrons. The zero-order valence-corrected chi connectivity index (χ0v) is 21.1. The normalized spacial score (nSPS) is 16.9. The Kier molecular flexibility index (Phi) is 6.35. The minimum atomic E-state index is -4.70. The maximum absolute atomic E-state index is 14.0. The minimum Gasteiger partial charge on any atom is -0.368 e. The Balaban J connectivity index is 1.66. The van der Waals surface area contributed by atoms with Gasteiger partial charge in [-0.2, -0.15) is 22.5 Å². The third-order valence-corrected chi connectivity index (χ3v) is 8.34. The van der Waals surface area contributed by atoms with Crippen LogP contribution in [0.3, 0.4) is 0 Å². The molecule has 4 N–H and O–H groups in total. The van der Waals surface area contributed by atoms with Gasteiger partial charge in [0.05, 0.1) is 10.5 Å². The summed E-state index contributed by atoms with van der Waals surface area (Å²) in [7, 11) is -3.81. The second-order valence-corrected chi connectivity index (χ2v) is 11.2. The third kappa shape index (κ3) is 5.30. The smallest absolute Gasteiger partial charge is 0.368 e. The van der Waals surface area contributed by atoms with E-state index >= 15 is 0 Å². The number of anilines is 3. The topological polar surface area (TPSA) is 117 Å². The highest BCUT2D eigenvalue weighted by Crippen LogP contribution is 2.38. The summed E-state index contributed by atoms with van der Waals surface area (Å²) in [5.74, 6) is -2.90. The number of piperidine rings is 1. The molecule has 2 heterocycles. The summed E-state index contributed by atoms with van der Waals surface area (Å²) < 4.78 is 95.4. The number of hydrogen-bond donors (Lipinski definition) is 3. The van der Waals surface area contributed by atoms with Crippen molar-refractivity contribution in [1.82, 2.24) is 19.5 Å². The standard InChI is InChI=1S/C20H21F5N6O2SSi/c21-19(22)5-7-31(8-6-19)34(32,33)13-3-1-11(2-4-13)16-14(20(23,24)25)9-12(10-15(16)35)27-18-28-17(26)29-30-18/h1-4,9-10H,5-8H2,35H3,(H4,26,27,28,29,30). The highest BCUT2D eigenvalue weighted by Gasteiger charge is 2.39. The van der Waals surface area contributed by atoms with E-state index in [-0.39, 0.29) is 56.9 Å². The third-order valence-electron chi connectivity index (χ3n) is 5.63. The van der Waals surface area contributed by atoms with Gasteiger partial charge in [-0.3, -0.25) is 0 Å². The Hall–Kier alpha value is -3.04. The van der Waals surface area contributed by atoms with Crippen LogP contribution >= 0.6 is 0 Å². The van der Waals surface area contributed by atoms with Gasteiger partial charge < -0.3 is 11.1 Å². The summed E-state index contributed by atoms with van der Waals surface area (Å²) in [5.41, 5.74) is 4.76. The van der Waals surface area contributed by atoms with Gasteiger partial charge in [-0.05, 0) is 35.4 Å². The molecule has 1 aliphatic heterocycles. The summed E-state index contributed by atoms with van der Waals surface area (Å²) in [6, 6.07) is 7.42. The zero-order chi connectivity index (χ0) is 25.6. The van der Waals surface area contributed by atoms with Crippen molar-refractivity contribution >= 4 is 43.0 Å². The highest BCUT2D eigenvalue weighted by molar-refractivity contribution is 7.89. The number of nitrogens with zero attached hydrogens (tertiary/aromatic N) is 3. The number of alkyl halides is 5. The number of nitrogens with two attached hydrogens (primary N) is 1. The second-order valence-electron chi connectivity index (χ2n) is 8.17. The number of rotatable bonds is 5. The SMILES string of the molecule is Nc1nc(Nc2cc([SiH3])c(-c3ccc(S(=O)(=O)N4CCC(F)(F)CC4)cc3)c(C(F)(F)F)c2)n[nH]1. The molecule has 1 saturated heterocycles. The second kappa shape index (κ2) is 8.87. The molecule has 0 atom stereocenters. The van der Waals surface area contributed by atoms with E-state index in [4.69, 9.17) is 5.73 Å². The summed E-state index contributed by atoms with van der Waals surface area (Å²) in [6.45, 7) is -0.657. The Morgan fingerprint density at radius 3 is 2.29 bits per heavy atom. The van der Waals surface area contributed by atoms with Gasteiger partial charge in [0, 0.05) is 41.9 Å². The fourth-order valence-corrected chi connectivity index (χ4v) is 6.23. The first-order valence-electron chi connectivity index (χ1n) is 10.4. The van der Waals surface area contributed by atoms with Gasteiger partial charge in [-0.15, -0.1) is 5.10 Å². The van der Waals surface area contributed by atoms with Crippen LogP contribution in [0, 0.1) is 0 Å². The van der Waals surface area contributed by atoms with E-state index in [1.807, 2.05) is 0 Å². The van der Waals surface area contributed by atoms with Gasteiger partial charge in [0.2, 0.25) is 21.9 Å². The van der Waals surface area contributed by atoms with Gasteiger partial charge in [-0.1, -0.05) is 17.3 Å². The fourth-order valence-electron chi connectivity index (χ4n) is 3.92. The number of aromatic nitrogens is 3. The molecule has 35 heavy (non-hydrogen) atoms. The number of H-pyrrole nitrogens is 1. The molecule has 1 fully saturated rings. The van der Waals surface area contributed by atoms with Crippen molar-refractivity contribution in [3.63, 3.8) is 0 Å². The quantitative estimate of drug-likeness (QED) is 0.343. The predicted molar refractivity (Wildman–Crippen MR) is 123 cm³/mol. The number of nitrogens with one attached hydrogen (secondary N) is 2. The Morgan fingerprint density at radius 2 is 1.74 bits per heavy atom. The molecule has 188 valence electrons. The lowest BCUT2D eigenvalue weighted by molar-refractivity contribution is -0.137. The molecule has 3 aromatic rings. The van der Waals surface area contributed by atoms with Crippen molar-refractivity contribution in [2.24, 2.45) is 0 Å². The van der Waals surface area contributed by atoms with Crippen molar-refractivity contribution in [3.8, 4) is 11.1 Å². The lowest BCUT2D eigenvalue weighted by atomic mass is 9.98. The van der Waals surface area contributed by atoms with Gasteiger partial charge >= 0.3 is 6.18 Å². The number of hydrogen-bond acceptors (Lipinski definition) is 6. The molecule has 4 rings (SSSR count). The van der Waals surface area contributed by atoms with E-state index in [0.717, 1.165) is 10.4 Å². The van der Waals surface area contributed by atoms with Crippen molar-refractivity contribution < 1.29 is 30.4 Å².